The second-order valence-corrected chi connectivity index (χ2v) is 6.64. The molecule has 16 heavy (non-hydrogen) atoms. The van der Waals surface area contributed by atoms with Crippen LogP contribution in [0.2, 0.25) is 0 Å². The Morgan fingerprint density at radius 3 is 2.75 bits per heavy atom. The van der Waals surface area contributed by atoms with Gasteiger partial charge in [-0.2, -0.15) is 12.7 Å². The van der Waals surface area contributed by atoms with Gasteiger partial charge in [0, 0.05) is 24.5 Å². The van der Waals surface area contributed by atoms with Crippen LogP contribution in [0.3, 0.4) is 0 Å². The zero-order valence-corrected chi connectivity index (χ0v) is 11.5. The van der Waals surface area contributed by atoms with E-state index in [0.717, 1.165) is 25.7 Å². The monoisotopic (exact) mass is 268 g/mol. The minimum absolute atomic E-state index is 0.0988. The fourth-order valence-electron chi connectivity index (χ4n) is 1.85. The van der Waals surface area contributed by atoms with Gasteiger partial charge in [-0.15, -0.1) is 11.6 Å². The summed E-state index contributed by atoms with van der Waals surface area (Å²) in [5.74, 6) is 0. The van der Waals surface area contributed by atoms with Gasteiger partial charge >= 0.3 is 0 Å². The average Bonchev–Trinajstić information content (AvgIpc) is 2.26. The van der Waals surface area contributed by atoms with Crippen LogP contribution in [0.25, 0.3) is 0 Å². The minimum Gasteiger partial charge on any atom is -0.201 e. The van der Waals surface area contributed by atoms with Crippen LogP contribution in [0.15, 0.2) is 0 Å². The van der Waals surface area contributed by atoms with Crippen LogP contribution in [-0.2, 0) is 10.2 Å². The van der Waals surface area contributed by atoms with Crippen LogP contribution in [0, 0.1) is 0 Å². The van der Waals surface area contributed by atoms with Gasteiger partial charge in [-0.3, -0.25) is 0 Å². The van der Waals surface area contributed by atoms with E-state index < -0.39 is 10.2 Å². The third-order valence-electron chi connectivity index (χ3n) is 2.98. The molecule has 1 aliphatic rings. The molecular weight excluding hydrogens is 248 g/mol. The Kier molecular flexibility index (Phi) is 5.50. The second-order valence-electron chi connectivity index (χ2n) is 4.31. The molecule has 0 amide bonds. The lowest BCUT2D eigenvalue weighted by Gasteiger charge is -2.32. The van der Waals surface area contributed by atoms with Gasteiger partial charge in [0.05, 0.1) is 0 Å². The highest BCUT2D eigenvalue weighted by atomic mass is 35.5. The maximum absolute atomic E-state index is 12.0. The molecule has 0 spiro atoms. The number of alkyl halides is 1. The number of rotatable bonds is 5. The summed E-state index contributed by atoms with van der Waals surface area (Å²) in [5, 5.41) is -0.130. The van der Waals surface area contributed by atoms with E-state index in [-0.39, 0.29) is 11.4 Å². The molecule has 96 valence electrons. The van der Waals surface area contributed by atoms with Crippen molar-refractivity contribution in [2.24, 2.45) is 0 Å². The lowest BCUT2D eigenvalue weighted by Crippen LogP contribution is -2.48. The molecule has 1 N–H and O–H groups in total. The van der Waals surface area contributed by atoms with E-state index in [1.807, 2.05) is 13.8 Å². The van der Waals surface area contributed by atoms with Gasteiger partial charge < -0.3 is 0 Å². The molecule has 2 atom stereocenters. The zero-order chi connectivity index (χ0) is 12.2. The van der Waals surface area contributed by atoms with Crippen LogP contribution < -0.4 is 4.72 Å². The summed E-state index contributed by atoms with van der Waals surface area (Å²) in [6.45, 7) is 4.82. The molecule has 2 unspecified atom stereocenters. The summed E-state index contributed by atoms with van der Waals surface area (Å²) in [5.41, 5.74) is 0. The molecular formula is C10H21ClN2O2S. The third kappa shape index (κ3) is 3.87. The first-order valence-electron chi connectivity index (χ1n) is 5.88. The molecule has 4 nitrogen and oxygen atoms in total. The predicted molar refractivity (Wildman–Crippen MR) is 66.9 cm³/mol. The van der Waals surface area contributed by atoms with Crippen molar-refractivity contribution in [3.8, 4) is 0 Å². The Labute approximate surface area is 104 Å². The first kappa shape index (κ1) is 14.2. The van der Waals surface area contributed by atoms with E-state index in [1.165, 1.54) is 0 Å². The first-order valence-corrected chi connectivity index (χ1v) is 7.75. The molecule has 0 aromatic heterocycles. The molecule has 0 radical (unpaired) electrons. The van der Waals surface area contributed by atoms with E-state index in [4.69, 9.17) is 11.6 Å². The van der Waals surface area contributed by atoms with E-state index in [9.17, 15) is 8.42 Å². The summed E-state index contributed by atoms with van der Waals surface area (Å²) in [7, 11) is -3.34. The summed E-state index contributed by atoms with van der Waals surface area (Å²) in [6, 6.07) is 0.0988. The number of piperidine rings is 1. The standard InChI is InChI=1S/C10H21ClN2O2S/c1-3-10(11)8-12-16(14,15)13-7-5-4-6-9(13)2/h9-10,12H,3-8H2,1-2H3. The van der Waals surface area contributed by atoms with Crippen LogP contribution in [0.1, 0.15) is 39.5 Å². The molecule has 0 bridgehead atoms. The molecule has 1 aliphatic heterocycles. The highest BCUT2D eigenvalue weighted by Crippen LogP contribution is 2.19. The molecule has 0 aromatic rings. The SMILES string of the molecule is CCC(Cl)CNS(=O)(=O)N1CCCCC1C. The number of hydrogen-bond donors (Lipinski definition) is 1. The summed E-state index contributed by atoms with van der Waals surface area (Å²) in [6.07, 6.45) is 3.77. The maximum Gasteiger partial charge on any atom is 0.279 e. The average molecular weight is 269 g/mol. The Bertz CT molecular complexity index is 308. The Morgan fingerprint density at radius 2 is 2.19 bits per heavy atom. The largest absolute Gasteiger partial charge is 0.279 e. The number of nitrogens with zero attached hydrogens (tertiary/aromatic N) is 1. The van der Waals surface area contributed by atoms with Gasteiger partial charge in [0.25, 0.3) is 10.2 Å². The van der Waals surface area contributed by atoms with Crippen LogP contribution in [0.5, 0.6) is 0 Å². The van der Waals surface area contributed by atoms with Crippen LogP contribution in [0.4, 0.5) is 0 Å². The number of nitrogens with one attached hydrogen (secondary N) is 1. The normalized spacial score (nSPS) is 25.6. The highest BCUT2D eigenvalue weighted by molar-refractivity contribution is 7.87. The Morgan fingerprint density at radius 1 is 1.50 bits per heavy atom. The predicted octanol–water partition coefficient (Wildman–Crippen LogP) is 1.71. The molecule has 0 aliphatic carbocycles. The second kappa shape index (κ2) is 6.19. The highest BCUT2D eigenvalue weighted by Gasteiger charge is 2.29. The Balaban J connectivity index is 2.55. The van der Waals surface area contributed by atoms with Gasteiger partial charge in [-0.05, 0) is 26.2 Å². The van der Waals surface area contributed by atoms with Crippen molar-refractivity contribution < 1.29 is 8.42 Å². The molecule has 1 rings (SSSR count). The van der Waals surface area contributed by atoms with Gasteiger partial charge in [0.15, 0.2) is 0 Å². The molecule has 1 fully saturated rings. The van der Waals surface area contributed by atoms with Crippen LogP contribution >= 0.6 is 11.6 Å². The fraction of sp³-hybridized carbons (Fsp3) is 1.00. The maximum atomic E-state index is 12.0. The van der Waals surface area contributed by atoms with Crippen molar-refractivity contribution in [3.63, 3.8) is 0 Å². The third-order valence-corrected chi connectivity index (χ3v) is 5.14. The van der Waals surface area contributed by atoms with Gasteiger partial charge in [-0.1, -0.05) is 13.3 Å². The Hall–Kier alpha value is 0.160. The quantitative estimate of drug-likeness (QED) is 0.772. The van der Waals surface area contributed by atoms with Crippen molar-refractivity contribution in [2.75, 3.05) is 13.1 Å². The number of halogens is 1. The molecule has 0 aromatic carbocycles. The van der Waals surface area contributed by atoms with E-state index in [2.05, 4.69) is 4.72 Å². The minimum atomic E-state index is -3.34. The lowest BCUT2D eigenvalue weighted by molar-refractivity contribution is 0.265. The van der Waals surface area contributed by atoms with E-state index >= 15 is 0 Å². The topological polar surface area (TPSA) is 49.4 Å². The fourth-order valence-corrected chi connectivity index (χ4v) is 3.55. The summed E-state index contributed by atoms with van der Waals surface area (Å²) < 4.78 is 28.1. The molecule has 1 heterocycles. The number of hydrogen-bond acceptors (Lipinski definition) is 2. The van der Waals surface area contributed by atoms with Crippen molar-refractivity contribution in [2.45, 2.75) is 50.9 Å². The van der Waals surface area contributed by atoms with Crippen molar-refractivity contribution in [3.05, 3.63) is 0 Å². The lowest BCUT2D eigenvalue weighted by atomic mass is 10.1. The van der Waals surface area contributed by atoms with Crippen molar-refractivity contribution in [1.82, 2.24) is 9.03 Å². The molecule has 0 saturated carbocycles. The zero-order valence-electron chi connectivity index (χ0n) is 9.95. The van der Waals surface area contributed by atoms with Crippen LogP contribution in [-0.4, -0.2) is 37.2 Å². The van der Waals surface area contributed by atoms with Crippen molar-refractivity contribution >= 4 is 21.8 Å². The van der Waals surface area contributed by atoms with Gasteiger partial charge in [0.2, 0.25) is 0 Å². The molecule has 1 saturated heterocycles. The van der Waals surface area contributed by atoms with Gasteiger partial charge in [-0.25, -0.2) is 4.72 Å². The molecule has 6 heteroatoms. The van der Waals surface area contributed by atoms with Gasteiger partial charge in [0.1, 0.15) is 0 Å². The van der Waals surface area contributed by atoms with E-state index in [1.54, 1.807) is 4.31 Å². The van der Waals surface area contributed by atoms with Crippen molar-refractivity contribution in [1.29, 1.82) is 0 Å². The summed E-state index contributed by atoms with van der Waals surface area (Å²) >= 11 is 5.90. The van der Waals surface area contributed by atoms with E-state index in [0.29, 0.717) is 13.1 Å². The first-order chi connectivity index (χ1) is 7.47. The summed E-state index contributed by atoms with van der Waals surface area (Å²) in [4.78, 5) is 0. The smallest absolute Gasteiger partial charge is 0.201 e.